The highest BCUT2D eigenvalue weighted by molar-refractivity contribution is 7.71. The molecule has 0 aliphatic heterocycles. The smallest absolute Gasteiger partial charge is 0.234 e. The van der Waals surface area contributed by atoms with E-state index in [4.69, 9.17) is 12.2 Å². The van der Waals surface area contributed by atoms with Gasteiger partial charge < -0.3 is 5.32 Å². The van der Waals surface area contributed by atoms with E-state index >= 15 is 0 Å². The normalized spacial score (nSPS) is 11.8. The molecule has 130 valence electrons. The number of hydrogen-bond donors (Lipinski definition) is 1. The van der Waals surface area contributed by atoms with Crippen molar-refractivity contribution in [3.8, 4) is 5.69 Å². The van der Waals surface area contributed by atoms with Gasteiger partial charge in [0.25, 0.3) is 0 Å². The van der Waals surface area contributed by atoms with Crippen molar-refractivity contribution in [1.82, 2.24) is 30.0 Å². The lowest BCUT2D eigenvalue weighted by Crippen LogP contribution is -2.45. The highest BCUT2D eigenvalue weighted by atomic mass is 32.1. The number of likely N-dealkylation sites (N-methyl/N-ethyl adjacent to an activating group) is 1. The minimum atomic E-state index is -0.375. The fourth-order valence-electron chi connectivity index (χ4n) is 2.11. The van der Waals surface area contributed by atoms with Gasteiger partial charge >= 0.3 is 0 Å². The number of nitrogens with zero attached hydrogens (tertiary/aromatic N) is 5. The summed E-state index contributed by atoms with van der Waals surface area (Å²) in [4.78, 5) is 13.7. The van der Waals surface area contributed by atoms with Crippen molar-refractivity contribution >= 4 is 18.1 Å². The summed E-state index contributed by atoms with van der Waals surface area (Å²) >= 11 is 5.32. The lowest BCUT2D eigenvalue weighted by atomic mass is 10.1. The first-order valence-electron chi connectivity index (χ1n) is 7.44. The van der Waals surface area contributed by atoms with Crippen molar-refractivity contribution < 1.29 is 9.18 Å². The number of carbonyl (C=O) groups excluding carboxylic acids is 1. The van der Waals surface area contributed by atoms with Crippen LogP contribution in [0.4, 0.5) is 4.39 Å². The van der Waals surface area contributed by atoms with Crippen LogP contribution in [0.3, 0.4) is 0 Å². The van der Waals surface area contributed by atoms with Gasteiger partial charge in [-0.25, -0.2) is 9.07 Å². The minimum Gasteiger partial charge on any atom is -0.350 e. The van der Waals surface area contributed by atoms with Crippen molar-refractivity contribution in [2.24, 2.45) is 0 Å². The van der Waals surface area contributed by atoms with Crippen molar-refractivity contribution in [2.45, 2.75) is 33.0 Å². The van der Waals surface area contributed by atoms with Gasteiger partial charge in [-0.2, -0.15) is 4.68 Å². The van der Waals surface area contributed by atoms with E-state index in [1.807, 2.05) is 20.8 Å². The molecule has 0 spiro atoms. The Morgan fingerprint density at radius 3 is 2.71 bits per heavy atom. The molecule has 0 unspecified atom stereocenters. The van der Waals surface area contributed by atoms with E-state index in [2.05, 4.69) is 15.7 Å². The molecule has 0 aliphatic rings. The van der Waals surface area contributed by atoms with Crippen molar-refractivity contribution in [3.63, 3.8) is 0 Å². The zero-order chi connectivity index (χ0) is 17.9. The van der Waals surface area contributed by atoms with Crippen LogP contribution in [0.25, 0.3) is 5.69 Å². The zero-order valence-electron chi connectivity index (χ0n) is 14.2. The van der Waals surface area contributed by atoms with Crippen LogP contribution in [0.2, 0.25) is 0 Å². The van der Waals surface area contributed by atoms with Crippen LogP contribution < -0.4 is 5.32 Å². The molecule has 2 rings (SSSR count). The fraction of sp³-hybridized carbons (Fsp3) is 0.467. The molecule has 9 heteroatoms. The highest BCUT2D eigenvalue weighted by Gasteiger charge is 2.16. The molecule has 0 saturated heterocycles. The van der Waals surface area contributed by atoms with E-state index < -0.39 is 0 Å². The average molecular weight is 352 g/mol. The number of hydrogen-bond acceptors (Lipinski definition) is 5. The zero-order valence-corrected chi connectivity index (χ0v) is 15.0. The molecular weight excluding hydrogens is 331 g/mol. The Kier molecular flexibility index (Phi) is 5.45. The molecule has 1 heterocycles. The standard InChI is InChI=1S/C15H21FN6OS/c1-15(2,3)17-13(23)9-20(4)10-21-14(24)22(19-18-21)12-7-5-6-11(16)8-12/h5-8H,9-10H2,1-4H3,(H,17,23). The molecule has 0 saturated carbocycles. The van der Waals surface area contributed by atoms with Crippen LogP contribution in [-0.4, -0.2) is 49.7 Å². The summed E-state index contributed by atoms with van der Waals surface area (Å²) in [6.45, 7) is 6.26. The van der Waals surface area contributed by atoms with Gasteiger partial charge in [-0.05, 0) is 68.7 Å². The van der Waals surface area contributed by atoms with Gasteiger partial charge in [-0.3, -0.25) is 9.69 Å². The first-order valence-corrected chi connectivity index (χ1v) is 7.85. The monoisotopic (exact) mass is 352 g/mol. The maximum Gasteiger partial charge on any atom is 0.234 e. The Balaban J connectivity index is 2.06. The van der Waals surface area contributed by atoms with Gasteiger partial charge in [0.05, 0.1) is 18.9 Å². The number of halogens is 1. The molecular formula is C15H21FN6OS. The first kappa shape index (κ1) is 18.2. The number of rotatable bonds is 5. The SMILES string of the molecule is CN(CC(=O)NC(C)(C)C)Cn1nnn(-c2cccc(F)c2)c1=S. The van der Waals surface area contributed by atoms with Gasteiger partial charge in [0.1, 0.15) is 5.82 Å². The predicted octanol–water partition coefficient (Wildman–Crippen LogP) is 1.74. The summed E-state index contributed by atoms with van der Waals surface area (Å²) in [7, 11) is 1.78. The van der Waals surface area contributed by atoms with Gasteiger partial charge in [0.15, 0.2) is 0 Å². The number of amides is 1. The topological polar surface area (TPSA) is 68.0 Å². The fourth-order valence-corrected chi connectivity index (χ4v) is 2.35. The molecule has 1 N–H and O–H groups in total. The second-order valence-electron chi connectivity index (χ2n) is 6.61. The molecule has 0 atom stereocenters. The third-order valence-electron chi connectivity index (χ3n) is 3.00. The number of tetrazole rings is 1. The third kappa shape index (κ3) is 4.93. The molecule has 2 aromatic rings. The lowest BCUT2D eigenvalue weighted by molar-refractivity contribution is -0.123. The second-order valence-corrected chi connectivity index (χ2v) is 6.97. The first-order chi connectivity index (χ1) is 11.2. The van der Waals surface area contributed by atoms with E-state index in [0.717, 1.165) is 0 Å². The summed E-state index contributed by atoms with van der Waals surface area (Å²) < 4.78 is 16.5. The summed E-state index contributed by atoms with van der Waals surface area (Å²) in [5, 5.41) is 10.8. The van der Waals surface area contributed by atoms with Crippen LogP contribution in [0.5, 0.6) is 0 Å². The summed E-state index contributed by atoms with van der Waals surface area (Å²) in [6, 6.07) is 5.95. The maximum atomic E-state index is 13.3. The van der Waals surface area contributed by atoms with E-state index in [9.17, 15) is 9.18 Å². The van der Waals surface area contributed by atoms with Gasteiger partial charge in [0.2, 0.25) is 10.7 Å². The van der Waals surface area contributed by atoms with E-state index in [-0.39, 0.29) is 23.8 Å². The van der Waals surface area contributed by atoms with Crippen molar-refractivity contribution in [1.29, 1.82) is 0 Å². The van der Waals surface area contributed by atoms with Crippen molar-refractivity contribution in [3.05, 3.63) is 34.9 Å². The lowest BCUT2D eigenvalue weighted by Gasteiger charge is -2.23. The molecule has 0 aliphatic carbocycles. The summed E-state index contributed by atoms with van der Waals surface area (Å²) in [5.41, 5.74) is 0.216. The van der Waals surface area contributed by atoms with E-state index in [1.165, 1.54) is 21.5 Å². The molecule has 0 fully saturated rings. The third-order valence-corrected chi connectivity index (χ3v) is 3.38. The summed E-state index contributed by atoms with van der Waals surface area (Å²) in [6.07, 6.45) is 0. The van der Waals surface area contributed by atoms with Gasteiger partial charge in [0, 0.05) is 5.54 Å². The molecule has 0 radical (unpaired) electrons. The summed E-state index contributed by atoms with van der Waals surface area (Å²) in [5.74, 6) is -0.464. The molecule has 24 heavy (non-hydrogen) atoms. The molecule has 1 aromatic heterocycles. The van der Waals surface area contributed by atoms with E-state index in [0.29, 0.717) is 17.1 Å². The Morgan fingerprint density at radius 1 is 1.38 bits per heavy atom. The van der Waals surface area contributed by atoms with Crippen LogP contribution >= 0.6 is 12.2 Å². The Labute approximate surface area is 145 Å². The second kappa shape index (κ2) is 7.18. The Hall–Kier alpha value is -2.13. The largest absolute Gasteiger partial charge is 0.350 e. The number of aromatic nitrogens is 4. The van der Waals surface area contributed by atoms with Crippen molar-refractivity contribution in [2.75, 3.05) is 13.6 Å². The number of carbonyl (C=O) groups is 1. The minimum absolute atomic E-state index is 0.0889. The number of nitrogens with one attached hydrogen (secondary N) is 1. The van der Waals surface area contributed by atoms with Crippen LogP contribution in [0.15, 0.2) is 24.3 Å². The van der Waals surface area contributed by atoms with Crippen LogP contribution in [-0.2, 0) is 11.5 Å². The van der Waals surface area contributed by atoms with Gasteiger partial charge in [-0.15, -0.1) is 0 Å². The highest BCUT2D eigenvalue weighted by Crippen LogP contribution is 2.09. The Bertz CT molecular complexity index is 779. The Morgan fingerprint density at radius 2 is 2.08 bits per heavy atom. The molecule has 7 nitrogen and oxygen atoms in total. The van der Waals surface area contributed by atoms with Gasteiger partial charge in [-0.1, -0.05) is 6.07 Å². The van der Waals surface area contributed by atoms with Crippen LogP contribution in [0.1, 0.15) is 20.8 Å². The van der Waals surface area contributed by atoms with E-state index in [1.54, 1.807) is 24.1 Å². The van der Waals surface area contributed by atoms with Crippen LogP contribution in [0, 0.1) is 10.6 Å². The average Bonchev–Trinajstić information content (AvgIpc) is 2.77. The number of benzene rings is 1. The molecule has 1 amide bonds. The quantitative estimate of drug-likeness (QED) is 0.830. The molecule has 0 bridgehead atoms. The maximum absolute atomic E-state index is 13.3. The predicted molar refractivity (Wildman–Crippen MR) is 90.7 cm³/mol. The molecule has 1 aromatic carbocycles.